The highest BCUT2D eigenvalue weighted by Crippen LogP contribution is 2.50. The third kappa shape index (κ3) is 3.12. The van der Waals surface area contributed by atoms with Gasteiger partial charge in [0.25, 0.3) is 5.91 Å². The number of hydroxylamine groups is 1. The summed E-state index contributed by atoms with van der Waals surface area (Å²) in [6, 6.07) is 27.8. The molecule has 7 heteroatoms. The summed E-state index contributed by atoms with van der Waals surface area (Å²) >= 11 is 12.7. The van der Waals surface area contributed by atoms with Gasteiger partial charge in [-0.3, -0.25) is 14.4 Å². The fourth-order valence-corrected chi connectivity index (χ4v) is 5.53. The predicted molar refractivity (Wildman–Crippen MR) is 133 cm³/mol. The molecule has 2 saturated heterocycles. The maximum absolute atomic E-state index is 13.9. The van der Waals surface area contributed by atoms with Gasteiger partial charge in [-0.1, -0.05) is 89.9 Å². The molecule has 0 bridgehead atoms. The van der Waals surface area contributed by atoms with E-state index in [0.29, 0.717) is 0 Å². The molecule has 0 spiro atoms. The molecule has 3 atom stereocenters. The van der Waals surface area contributed by atoms with Gasteiger partial charge in [0.1, 0.15) is 5.92 Å². The molecule has 2 heterocycles. The Hall–Kier alpha value is -3.38. The summed E-state index contributed by atoms with van der Waals surface area (Å²) in [5.41, 5.74) is 1.86. The van der Waals surface area contributed by atoms with Crippen LogP contribution in [0.4, 0.5) is 11.4 Å². The summed E-state index contributed by atoms with van der Waals surface area (Å²) in [6.45, 7) is 0. The molecule has 168 valence electrons. The quantitative estimate of drug-likeness (QED) is 0.322. The first-order valence-corrected chi connectivity index (χ1v) is 11.6. The van der Waals surface area contributed by atoms with Crippen molar-refractivity contribution in [1.82, 2.24) is 0 Å². The molecule has 2 aliphatic rings. The standard InChI is InChI=1S/C27H18Cl2N2O3/c28-20-14-7-15-21(29)24(20)30-26(32)22-23(19-13-6-9-16-8-4-5-12-18(16)19)31(34-25(22)27(30)33)17-10-2-1-3-11-17/h1-15,22-23,25H. The van der Waals surface area contributed by atoms with Gasteiger partial charge in [0.05, 0.1) is 27.5 Å². The number of halogens is 2. The van der Waals surface area contributed by atoms with Crippen LogP contribution >= 0.6 is 23.2 Å². The van der Waals surface area contributed by atoms with E-state index in [1.807, 2.05) is 72.8 Å². The molecule has 2 fully saturated rings. The smallest absolute Gasteiger partial charge is 0.266 e. The molecule has 2 amide bonds. The van der Waals surface area contributed by atoms with Crippen LogP contribution in [0.3, 0.4) is 0 Å². The van der Waals surface area contributed by atoms with E-state index in [1.54, 1.807) is 23.3 Å². The fraction of sp³-hybridized carbons (Fsp3) is 0.111. The number of nitrogens with zero attached hydrogens (tertiary/aromatic N) is 2. The first-order chi connectivity index (χ1) is 16.6. The number of hydrogen-bond donors (Lipinski definition) is 0. The van der Waals surface area contributed by atoms with Crippen LogP contribution in [0.2, 0.25) is 10.0 Å². The number of para-hydroxylation sites is 2. The van der Waals surface area contributed by atoms with Crippen molar-refractivity contribution < 1.29 is 14.4 Å². The fourth-order valence-electron chi connectivity index (χ4n) is 4.96. The normalized spacial score (nSPS) is 22.0. The molecule has 4 aromatic rings. The molecule has 0 aromatic heterocycles. The van der Waals surface area contributed by atoms with Crippen molar-refractivity contribution in [2.75, 3.05) is 9.96 Å². The Morgan fingerprint density at radius 3 is 2.12 bits per heavy atom. The van der Waals surface area contributed by atoms with E-state index in [1.165, 1.54) is 0 Å². The summed E-state index contributed by atoms with van der Waals surface area (Å²) in [7, 11) is 0. The molecular formula is C27H18Cl2N2O3. The lowest BCUT2D eigenvalue weighted by atomic mass is 9.87. The highest BCUT2D eigenvalue weighted by molar-refractivity contribution is 6.42. The van der Waals surface area contributed by atoms with Gasteiger partial charge in [-0.2, -0.15) is 0 Å². The van der Waals surface area contributed by atoms with Crippen LogP contribution < -0.4 is 9.96 Å². The number of hydrogen-bond acceptors (Lipinski definition) is 4. The van der Waals surface area contributed by atoms with Crippen LogP contribution in [0.15, 0.2) is 91.0 Å². The highest BCUT2D eigenvalue weighted by atomic mass is 35.5. The van der Waals surface area contributed by atoms with E-state index in [0.717, 1.165) is 26.9 Å². The minimum Gasteiger partial charge on any atom is -0.273 e. The molecule has 6 rings (SSSR count). The molecule has 0 radical (unpaired) electrons. The maximum atomic E-state index is 13.9. The molecule has 0 aliphatic carbocycles. The summed E-state index contributed by atoms with van der Waals surface area (Å²) in [5, 5.41) is 4.19. The van der Waals surface area contributed by atoms with Crippen LogP contribution in [-0.4, -0.2) is 17.9 Å². The first kappa shape index (κ1) is 21.2. The lowest BCUT2D eigenvalue weighted by molar-refractivity contribution is -0.126. The van der Waals surface area contributed by atoms with Gasteiger partial charge in [0, 0.05) is 0 Å². The SMILES string of the molecule is O=C1C2ON(c3ccccc3)C(c3cccc4ccccc34)C2C(=O)N1c1c(Cl)cccc1Cl. The number of imide groups is 1. The number of rotatable bonds is 3. The lowest BCUT2D eigenvalue weighted by Crippen LogP contribution is -2.37. The molecule has 2 aliphatic heterocycles. The highest BCUT2D eigenvalue weighted by Gasteiger charge is 2.61. The number of carbonyl (C=O) groups is 2. The van der Waals surface area contributed by atoms with Crippen LogP contribution in [-0.2, 0) is 14.4 Å². The van der Waals surface area contributed by atoms with Gasteiger partial charge < -0.3 is 0 Å². The van der Waals surface area contributed by atoms with E-state index < -0.39 is 24.0 Å². The summed E-state index contributed by atoms with van der Waals surface area (Å²) < 4.78 is 0. The number of benzene rings is 4. The summed E-state index contributed by atoms with van der Waals surface area (Å²) in [5.74, 6) is -1.64. The van der Waals surface area contributed by atoms with Crippen LogP contribution in [0.25, 0.3) is 10.8 Å². The van der Waals surface area contributed by atoms with Crippen molar-refractivity contribution in [1.29, 1.82) is 0 Å². The lowest BCUT2D eigenvalue weighted by Gasteiger charge is -2.29. The number of fused-ring (bicyclic) bond motifs is 2. The van der Waals surface area contributed by atoms with Crippen molar-refractivity contribution in [3.8, 4) is 0 Å². The Kier molecular flexibility index (Phi) is 5.06. The van der Waals surface area contributed by atoms with Gasteiger partial charge >= 0.3 is 0 Å². The molecule has 34 heavy (non-hydrogen) atoms. The monoisotopic (exact) mass is 488 g/mol. The summed E-state index contributed by atoms with van der Waals surface area (Å²) in [6.07, 6.45) is -0.996. The van der Waals surface area contributed by atoms with E-state index in [-0.39, 0.29) is 21.6 Å². The topological polar surface area (TPSA) is 49.9 Å². The zero-order valence-corrected chi connectivity index (χ0v) is 19.3. The van der Waals surface area contributed by atoms with Crippen molar-refractivity contribution in [2.24, 2.45) is 5.92 Å². The van der Waals surface area contributed by atoms with Crippen LogP contribution in [0, 0.1) is 5.92 Å². The zero-order valence-electron chi connectivity index (χ0n) is 17.8. The Bertz CT molecular complexity index is 1420. The van der Waals surface area contributed by atoms with Crippen LogP contribution in [0.5, 0.6) is 0 Å². The van der Waals surface area contributed by atoms with Crippen LogP contribution in [0.1, 0.15) is 11.6 Å². The maximum Gasteiger partial charge on any atom is 0.266 e. The summed E-state index contributed by atoms with van der Waals surface area (Å²) in [4.78, 5) is 34.8. The molecule has 4 aromatic carbocycles. The predicted octanol–water partition coefficient (Wildman–Crippen LogP) is 6.20. The average Bonchev–Trinajstić information content (AvgIpc) is 3.36. The van der Waals surface area contributed by atoms with Gasteiger partial charge in [-0.15, -0.1) is 0 Å². The number of anilines is 2. The largest absolute Gasteiger partial charge is 0.273 e. The minimum atomic E-state index is -0.996. The third-order valence-electron chi connectivity index (χ3n) is 6.43. The first-order valence-electron chi connectivity index (χ1n) is 10.9. The number of carbonyl (C=O) groups excluding carboxylic acids is 2. The molecule has 0 N–H and O–H groups in total. The Labute approximate surface area is 206 Å². The average molecular weight is 489 g/mol. The second kappa shape index (κ2) is 8.13. The van der Waals surface area contributed by atoms with Gasteiger partial charge in [-0.25, -0.2) is 9.96 Å². The van der Waals surface area contributed by atoms with E-state index in [4.69, 9.17) is 28.0 Å². The molecule has 3 unspecified atom stereocenters. The molecular weight excluding hydrogens is 471 g/mol. The molecule has 5 nitrogen and oxygen atoms in total. The Morgan fingerprint density at radius 2 is 1.35 bits per heavy atom. The van der Waals surface area contributed by atoms with Crippen molar-refractivity contribution >= 4 is 57.2 Å². The second-order valence-electron chi connectivity index (χ2n) is 8.31. The van der Waals surface area contributed by atoms with Gasteiger partial charge in [0.2, 0.25) is 5.91 Å². The Balaban J connectivity index is 1.53. The van der Waals surface area contributed by atoms with E-state index in [2.05, 4.69) is 0 Å². The van der Waals surface area contributed by atoms with Gasteiger partial charge in [0.15, 0.2) is 6.10 Å². The Morgan fingerprint density at radius 1 is 0.706 bits per heavy atom. The zero-order chi connectivity index (χ0) is 23.4. The second-order valence-corrected chi connectivity index (χ2v) is 9.12. The third-order valence-corrected chi connectivity index (χ3v) is 7.04. The molecule has 0 saturated carbocycles. The van der Waals surface area contributed by atoms with E-state index in [9.17, 15) is 9.59 Å². The number of amides is 2. The van der Waals surface area contributed by atoms with E-state index >= 15 is 0 Å². The van der Waals surface area contributed by atoms with Crippen molar-refractivity contribution in [3.63, 3.8) is 0 Å². The van der Waals surface area contributed by atoms with Crippen molar-refractivity contribution in [3.05, 3.63) is 107 Å². The van der Waals surface area contributed by atoms with Gasteiger partial charge in [-0.05, 0) is 40.6 Å². The van der Waals surface area contributed by atoms with Crippen molar-refractivity contribution in [2.45, 2.75) is 12.1 Å². The minimum absolute atomic E-state index is 0.196.